The van der Waals surface area contributed by atoms with Crippen LogP contribution in [0.5, 0.6) is 0 Å². The summed E-state index contributed by atoms with van der Waals surface area (Å²) in [5.74, 6) is 2.71. The Bertz CT molecular complexity index is 612. The van der Waals surface area contributed by atoms with Gasteiger partial charge in [-0.2, -0.15) is 11.8 Å². The molecule has 7 heteroatoms. The lowest BCUT2D eigenvalue weighted by Crippen LogP contribution is -2.43. The number of rotatable bonds is 5. The SMILES string of the molecule is COC(=O)CC1CSCCN1Cc1csc(-c2ccco2)n1. The van der Waals surface area contributed by atoms with Gasteiger partial charge in [0.2, 0.25) is 0 Å². The Kier molecular flexibility index (Phi) is 5.17. The summed E-state index contributed by atoms with van der Waals surface area (Å²) in [6, 6.07) is 4.00. The van der Waals surface area contributed by atoms with E-state index in [1.165, 1.54) is 7.11 Å². The average molecular weight is 338 g/mol. The van der Waals surface area contributed by atoms with E-state index in [0.29, 0.717) is 6.42 Å². The zero-order valence-corrected chi connectivity index (χ0v) is 14.0. The molecule has 1 unspecified atom stereocenters. The van der Waals surface area contributed by atoms with E-state index in [1.807, 2.05) is 23.9 Å². The van der Waals surface area contributed by atoms with Gasteiger partial charge in [0.25, 0.3) is 0 Å². The Balaban J connectivity index is 1.66. The summed E-state index contributed by atoms with van der Waals surface area (Å²) in [6.07, 6.45) is 2.10. The molecular weight excluding hydrogens is 320 g/mol. The number of ether oxygens (including phenoxy) is 1. The lowest BCUT2D eigenvalue weighted by Gasteiger charge is -2.34. The minimum absolute atomic E-state index is 0.146. The highest BCUT2D eigenvalue weighted by Gasteiger charge is 2.26. The Morgan fingerprint density at radius 2 is 2.50 bits per heavy atom. The molecule has 1 aliphatic heterocycles. The second kappa shape index (κ2) is 7.30. The lowest BCUT2D eigenvalue weighted by atomic mass is 10.2. The van der Waals surface area contributed by atoms with Crippen molar-refractivity contribution in [2.75, 3.05) is 25.2 Å². The van der Waals surface area contributed by atoms with Crippen LogP contribution in [0.4, 0.5) is 0 Å². The van der Waals surface area contributed by atoms with Gasteiger partial charge >= 0.3 is 5.97 Å². The van der Waals surface area contributed by atoms with Gasteiger partial charge in [-0.05, 0) is 12.1 Å². The van der Waals surface area contributed by atoms with Gasteiger partial charge in [0.05, 0.1) is 25.5 Å². The van der Waals surface area contributed by atoms with Crippen LogP contribution >= 0.6 is 23.1 Å². The molecule has 5 nitrogen and oxygen atoms in total. The summed E-state index contributed by atoms with van der Waals surface area (Å²) in [7, 11) is 1.44. The minimum Gasteiger partial charge on any atom is -0.469 e. The van der Waals surface area contributed by atoms with Gasteiger partial charge in [-0.1, -0.05) is 0 Å². The molecule has 0 spiro atoms. The molecule has 0 radical (unpaired) electrons. The molecule has 2 aromatic heterocycles. The monoisotopic (exact) mass is 338 g/mol. The van der Waals surface area contributed by atoms with Crippen molar-refractivity contribution in [2.45, 2.75) is 19.0 Å². The number of nitrogens with zero attached hydrogens (tertiary/aromatic N) is 2. The van der Waals surface area contributed by atoms with Crippen molar-refractivity contribution in [3.63, 3.8) is 0 Å². The molecule has 3 heterocycles. The molecule has 22 heavy (non-hydrogen) atoms. The molecule has 0 aliphatic carbocycles. The summed E-state index contributed by atoms with van der Waals surface area (Å²) in [5, 5.41) is 2.96. The second-order valence-electron chi connectivity index (χ2n) is 5.10. The molecule has 1 atom stereocenters. The van der Waals surface area contributed by atoms with Crippen molar-refractivity contribution in [3.8, 4) is 10.8 Å². The van der Waals surface area contributed by atoms with Crippen LogP contribution < -0.4 is 0 Å². The number of hydrogen-bond donors (Lipinski definition) is 0. The predicted octanol–water partition coefficient (Wildman–Crippen LogP) is 2.88. The van der Waals surface area contributed by atoms with E-state index in [0.717, 1.165) is 41.1 Å². The number of hydrogen-bond acceptors (Lipinski definition) is 7. The first-order valence-electron chi connectivity index (χ1n) is 7.13. The van der Waals surface area contributed by atoms with Gasteiger partial charge in [-0.3, -0.25) is 9.69 Å². The van der Waals surface area contributed by atoms with Crippen LogP contribution in [0.3, 0.4) is 0 Å². The summed E-state index contributed by atoms with van der Waals surface area (Å²) in [6.45, 7) is 1.74. The van der Waals surface area contributed by atoms with E-state index in [-0.39, 0.29) is 12.0 Å². The molecule has 3 rings (SSSR count). The third kappa shape index (κ3) is 3.71. The van der Waals surface area contributed by atoms with Gasteiger partial charge < -0.3 is 9.15 Å². The largest absolute Gasteiger partial charge is 0.469 e. The fourth-order valence-corrected chi connectivity index (χ4v) is 4.37. The maximum atomic E-state index is 11.6. The van der Waals surface area contributed by atoms with Crippen LogP contribution in [-0.4, -0.2) is 47.1 Å². The number of esters is 1. The molecule has 118 valence electrons. The number of carbonyl (C=O) groups is 1. The Hall–Kier alpha value is -1.31. The predicted molar refractivity (Wildman–Crippen MR) is 88.0 cm³/mol. The molecule has 1 saturated heterocycles. The van der Waals surface area contributed by atoms with Crippen molar-refractivity contribution in [2.24, 2.45) is 0 Å². The molecule has 0 aromatic carbocycles. The van der Waals surface area contributed by atoms with Crippen LogP contribution in [0.1, 0.15) is 12.1 Å². The van der Waals surface area contributed by atoms with Crippen LogP contribution in [0.25, 0.3) is 10.8 Å². The van der Waals surface area contributed by atoms with Crippen LogP contribution in [0, 0.1) is 0 Å². The van der Waals surface area contributed by atoms with Crippen LogP contribution in [0.2, 0.25) is 0 Å². The number of thioether (sulfide) groups is 1. The van der Waals surface area contributed by atoms with Crippen molar-refractivity contribution < 1.29 is 13.9 Å². The van der Waals surface area contributed by atoms with E-state index in [1.54, 1.807) is 17.6 Å². The fraction of sp³-hybridized carbons (Fsp3) is 0.467. The second-order valence-corrected chi connectivity index (χ2v) is 7.11. The zero-order chi connectivity index (χ0) is 15.4. The number of furan rings is 1. The summed E-state index contributed by atoms with van der Waals surface area (Å²) in [5.41, 5.74) is 1.03. The first kappa shape index (κ1) is 15.6. The fourth-order valence-electron chi connectivity index (χ4n) is 2.46. The summed E-state index contributed by atoms with van der Waals surface area (Å²) >= 11 is 3.48. The summed E-state index contributed by atoms with van der Waals surface area (Å²) in [4.78, 5) is 18.5. The minimum atomic E-state index is -0.146. The molecule has 2 aromatic rings. The maximum absolute atomic E-state index is 11.6. The maximum Gasteiger partial charge on any atom is 0.307 e. The van der Waals surface area contributed by atoms with E-state index in [2.05, 4.69) is 15.3 Å². The molecule has 0 amide bonds. The third-order valence-corrected chi connectivity index (χ3v) is 5.63. The standard InChI is InChI=1S/C15H18N2O3S2/c1-19-14(18)7-12-10-21-6-4-17(12)8-11-9-22-15(16-11)13-3-2-5-20-13/h2-3,5,9,12H,4,6-8,10H2,1H3. The van der Waals surface area contributed by atoms with E-state index < -0.39 is 0 Å². The summed E-state index contributed by atoms with van der Waals surface area (Å²) < 4.78 is 10.2. The molecule has 0 bridgehead atoms. The molecule has 0 N–H and O–H groups in total. The zero-order valence-electron chi connectivity index (χ0n) is 12.4. The first-order chi connectivity index (χ1) is 10.8. The van der Waals surface area contributed by atoms with E-state index in [4.69, 9.17) is 9.15 Å². The Morgan fingerprint density at radius 3 is 3.27 bits per heavy atom. The van der Waals surface area contributed by atoms with Gasteiger partial charge in [-0.15, -0.1) is 11.3 Å². The molecule has 1 fully saturated rings. The first-order valence-corrected chi connectivity index (χ1v) is 9.16. The van der Waals surface area contributed by atoms with E-state index in [9.17, 15) is 4.79 Å². The van der Waals surface area contributed by atoms with Crippen molar-refractivity contribution in [1.82, 2.24) is 9.88 Å². The molecular formula is C15H18N2O3S2. The molecule has 0 saturated carbocycles. The number of thiazole rings is 1. The Labute approximate surface area is 137 Å². The lowest BCUT2D eigenvalue weighted by molar-refractivity contribution is -0.141. The highest BCUT2D eigenvalue weighted by atomic mass is 32.2. The van der Waals surface area contributed by atoms with Gasteiger partial charge in [0.1, 0.15) is 0 Å². The highest BCUT2D eigenvalue weighted by molar-refractivity contribution is 7.99. The number of aromatic nitrogens is 1. The Morgan fingerprint density at radius 1 is 1.59 bits per heavy atom. The van der Waals surface area contributed by atoms with E-state index >= 15 is 0 Å². The van der Waals surface area contributed by atoms with Crippen molar-refractivity contribution in [3.05, 3.63) is 29.5 Å². The quantitative estimate of drug-likeness (QED) is 0.782. The number of carbonyl (C=O) groups excluding carboxylic acids is 1. The van der Waals surface area contributed by atoms with Gasteiger partial charge in [0, 0.05) is 36.0 Å². The van der Waals surface area contributed by atoms with Gasteiger partial charge in [-0.25, -0.2) is 4.98 Å². The number of methoxy groups -OCH3 is 1. The van der Waals surface area contributed by atoms with Crippen LogP contribution in [-0.2, 0) is 16.1 Å². The highest BCUT2D eigenvalue weighted by Crippen LogP contribution is 2.26. The smallest absolute Gasteiger partial charge is 0.307 e. The van der Waals surface area contributed by atoms with Crippen LogP contribution in [0.15, 0.2) is 28.2 Å². The van der Waals surface area contributed by atoms with Crippen molar-refractivity contribution in [1.29, 1.82) is 0 Å². The topological polar surface area (TPSA) is 55.6 Å². The third-order valence-electron chi connectivity index (χ3n) is 3.63. The molecule has 1 aliphatic rings. The normalized spacial score (nSPS) is 19.2. The average Bonchev–Trinajstić information content (AvgIpc) is 3.20. The van der Waals surface area contributed by atoms with Gasteiger partial charge in [0.15, 0.2) is 10.8 Å². The van der Waals surface area contributed by atoms with Crippen molar-refractivity contribution >= 4 is 29.1 Å².